The first-order valence-electron chi connectivity index (χ1n) is 4.24. The first kappa shape index (κ1) is 12.9. The van der Waals surface area contributed by atoms with Crippen LogP contribution in [0.3, 0.4) is 0 Å². The fraction of sp³-hybridized carbons (Fsp3) is 1.00. The molecule has 0 saturated heterocycles. The number of hydrogen-bond donors (Lipinski definition) is 1. The van der Waals surface area contributed by atoms with Gasteiger partial charge in [-0.2, -0.15) is 8.42 Å². The summed E-state index contributed by atoms with van der Waals surface area (Å²) < 4.78 is 26.3. The molecule has 0 aliphatic carbocycles. The van der Waals surface area contributed by atoms with Crippen molar-refractivity contribution in [1.29, 1.82) is 0 Å². The van der Waals surface area contributed by atoms with E-state index in [9.17, 15) is 13.5 Å². The van der Waals surface area contributed by atoms with Gasteiger partial charge in [0, 0.05) is 6.42 Å². The highest BCUT2D eigenvalue weighted by molar-refractivity contribution is 7.86. The summed E-state index contributed by atoms with van der Waals surface area (Å²) in [4.78, 5) is 0. The molecule has 0 heterocycles. The van der Waals surface area contributed by atoms with E-state index in [1.807, 2.05) is 6.92 Å². The molecule has 13 heavy (non-hydrogen) atoms. The van der Waals surface area contributed by atoms with Crippen LogP contribution in [0.4, 0.5) is 0 Å². The summed E-state index contributed by atoms with van der Waals surface area (Å²) in [6.45, 7) is 5.07. The van der Waals surface area contributed by atoms with Gasteiger partial charge in [0.15, 0.2) is 0 Å². The van der Waals surface area contributed by atoms with Crippen LogP contribution in [0, 0.1) is 0 Å². The summed E-state index contributed by atoms with van der Waals surface area (Å²) in [6.07, 6.45) is 1.46. The Bertz CT molecular complexity index is 237. The third-order valence-electron chi connectivity index (χ3n) is 1.49. The Labute approximate surface area is 80.0 Å². The second-order valence-corrected chi connectivity index (χ2v) is 5.45. The summed E-state index contributed by atoms with van der Waals surface area (Å²) >= 11 is 0. The third-order valence-corrected chi connectivity index (χ3v) is 2.12. The Kier molecular flexibility index (Phi) is 4.35. The molecule has 0 aromatic rings. The SMILES string of the molecule is CCC(CC(C)(C)O)OS(C)(=O)=O. The van der Waals surface area contributed by atoms with E-state index in [-0.39, 0.29) is 0 Å². The minimum absolute atomic E-state index is 0.316. The quantitative estimate of drug-likeness (QED) is 0.685. The summed E-state index contributed by atoms with van der Waals surface area (Å²) in [5.41, 5.74) is -0.897. The van der Waals surface area contributed by atoms with Crippen molar-refractivity contribution in [2.24, 2.45) is 0 Å². The second-order valence-electron chi connectivity index (χ2n) is 3.85. The fourth-order valence-corrected chi connectivity index (χ4v) is 1.75. The van der Waals surface area contributed by atoms with E-state index in [4.69, 9.17) is 4.18 Å². The minimum atomic E-state index is -3.42. The Morgan fingerprint density at radius 1 is 1.46 bits per heavy atom. The van der Waals surface area contributed by atoms with Gasteiger partial charge in [-0.25, -0.2) is 0 Å². The van der Waals surface area contributed by atoms with E-state index in [0.29, 0.717) is 12.8 Å². The highest BCUT2D eigenvalue weighted by Gasteiger charge is 2.22. The Morgan fingerprint density at radius 2 is 1.92 bits per heavy atom. The number of rotatable bonds is 5. The average Bonchev–Trinajstić information content (AvgIpc) is 1.79. The smallest absolute Gasteiger partial charge is 0.264 e. The van der Waals surface area contributed by atoms with Crippen molar-refractivity contribution < 1.29 is 17.7 Å². The van der Waals surface area contributed by atoms with Crippen molar-refractivity contribution in [3.05, 3.63) is 0 Å². The first-order chi connectivity index (χ1) is 5.64. The summed E-state index contributed by atoms with van der Waals surface area (Å²) in [7, 11) is -3.42. The first-order valence-corrected chi connectivity index (χ1v) is 6.06. The van der Waals surface area contributed by atoms with E-state index in [2.05, 4.69) is 0 Å². The van der Waals surface area contributed by atoms with Crippen molar-refractivity contribution in [1.82, 2.24) is 0 Å². The Balaban J connectivity index is 4.22. The maximum Gasteiger partial charge on any atom is 0.264 e. The molecule has 5 heteroatoms. The van der Waals surface area contributed by atoms with Crippen LogP contribution < -0.4 is 0 Å². The molecule has 0 aliphatic heterocycles. The van der Waals surface area contributed by atoms with Gasteiger partial charge in [0.25, 0.3) is 10.1 Å². The van der Waals surface area contributed by atoms with Crippen LogP contribution in [-0.4, -0.2) is 31.5 Å². The van der Waals surface area contributed by atoms with Gasteiger partial charge < -0.3 is 5.11 Å². The van der Waals surface area contributed by atoms with Gasteiger partial charge in [0.05, 0.1) is 18.0 Å². The molecular formula is C8H18O4S. The molecule has 0 amide bonds. The largest absolute Gasteiger partial charge is 0.390 e. The molecule has 0 radical (unpaired) electrons. The maximum absolute atomic E-state index is 10.8. The van der Waals surface area contributed by atoms with Crippen LogP contribution in [0.2, 0.25) is 0 Å². The zero-order valence-electron chi connectivity index (χ0n) is 8.57. The van der Waals surface area contributed by atoms with Crippen LogP contribution in [0.5, 0.6) is 0 Å². The standard InChI is InChI=1S/C8H18O4S/c1-5-7(6-8(2,3)9)12-13(4,10)11/h7,9H,5-6H2,1-4H3. The lowest BCUT2D eigenvalue weighted by molar-refractivity contribution is 0.0284. The van der Waals surface area contributed by atoms with E-state index < -0.39 is 21.8 Å². The lowest BCUT2D eigenvalue weighted by atomic mass is 10.00. The molecule has 0 aromatic carbocycles. The van der Waals surface area contributed by atoms with Crippen molar-refractivity contribution in [3.63, 3.8) is 0 Å². The highest BCUT2D eigenvalue weighted by atomic mass is 32.2. The molecule has 1 atom stereocenters. The molecule has 0 rings (SSSR count). The van der Waals surface area contributed by atoms with Crippen molar-refractivity contribution in [2.45, 2.75) is 45.3 Å². The van der Waals surface area contributed by atoms with Crippen molar-refractivity contribution in [2.75, 3.05) is 6.26 Å². The molecule has 0 saturated carbocycles. The molecule has 0 aromatic heterocycles. The number of hydrogen-bond acceptors (Lipinski definition) is 4. The van der Waals surface area contributed by atoms with Crippen LogP contribution in [0.1, 0.15) is 33.6 Å². The topological polar surface area (TPSA) is 63.6 Å². The van der Waals surface area contributed by atoms with Crippen LogP contribution in [-0.2, 0) is 14.3 Å². The van der Waals surface area contributed by atoms with Gasteiger partial charge >= 0.3 is 0 Å². The summed E-state index contributed by atoms with van der Waals surface area (Å²) in [6, 6.07) is 0. The highest BCUT2D eigenvalue weighted by Crippen LogP contribution is 2.16. The second kappa shape index (κ2) is 4.39. The van der Waals surface area contributed by atoms with Crippen molar-refractivity contribution in [3.8, 4) is 0 Å². The van der Waals surface area contributed by atoms with E-state index in [1.165, 1.54) is 0 Å². The van der Waals surface area contributed by atoms with Gasteiger partial charge in [-0.15, -0.1) is 0 Å². The van der Waals surface area contributed by atoms with E-state index in [1.54, 1.807) is 13.8 Å². The zero-order valence-corrected chi connectivity index (χ0v) is 9.39. The number of aliphatic hydroxyl groups is 1. The van der Waals surface area contributed by atoms with Crippen molar-refractivity contribution >= 4 is 10.1 Å². The summed E-state index contributed by atoms with van der Waals surface area (Å²) in [5, 5.41) is 9.44. The minimum Gasteiger partial charge on any atom is -0.390 e. The van der Waals surface area contributed by atoms with Crippen LogP contribution in [0.15, 0.2) is 0 Å². The van der Waals surface area contributed by atoms with Gasteiger partial charge in [-0.05, 0) is 20.3 Å². The molecule has 4 nitrogen and oxygen atoms in total. The molecule has 1 N–H and O–H groups in total. The normalized spacial score (nSPS) is 15.8. The average molecular weight is 210 g/mol. The summed E-state index contributed by atoms with van der Waals surface area (Å²) in [5.74, 6) is 0. The van der Waals surface area contributed by atoms with Gasteiger partial charge in [-0.1, -0.05) is 6.92 Å². The lowest BCUT2D eigenvalue weighted by Gasteiger charge is -2.23. The molecule has 0 aliphatic rings. The van der Waals surface area contributed by atoms with E-state index in [0.717, 1.165) is 6.26 Å². The molecule has 0 fully saturated rings. The molecule has 1 unspecified atom stereocenters. The van der Waals surface area contributed by atoms with Crippen LogP contribution >= 0.6 is 0 Å². The van der Waals surface area contributed by atoms with E-state index >= 15 is 0 Å². The fourth-order valence-electron chi connectivity index (χ4n) is 1.05. The molecule has 0 spiro atoms. The Morgan fingerprint density at radius 3 is 2.15 bits per heavy atom. The molecule has 80 valence electrons. The molecule has 0 bridgehead atoms. The third kappa shape index (κ3) is 8.21. The lowest BCUT2D eigenvalue weighted by Crippen LogP contribution is -2.29. The predicted octanol–water partition coefficient (Wildman–Crippen LogP) is 0.902. The zero-order chi connectivity index (χ0) is 10.7. The van der Waals surface area contributed by atoms with Gasteiger partial charge in [-0.3, -0.25) is 4.18 Å². The monoisotopic (exact) mass is 210 g/mol. The maximum atomic E-state index is 10.8. The Hall–Kier alpha value is -0.130. The predicted molar refractivity (Wildman–Crippen MR) is 50.9 cm³/mol. The van der Waals surface area contributed by atoms with Gasteiger partial charge in [0.2, 0.25) is 0 Å². The van der Waals surface area contributed by atoms with Crippen LogP contribution in [0.25, 0.3) is 0 Å². The van der Waals surface area contributed by atoms with Gasteiger partial charge in [0.1, 0.15) is 0 Å². The molecular weight excluding hydrogens is 192 g/mol.